The van der Waals surface area contributed by atoms with Crippen molar-refractivity contribution >= 4 is 44.8 Å². The van der Waals surface area contributed by atoms with E-state index in [1.54, 1.807) is 0 Å². The van der Waals surface area contributed by atoms with E-state index in [1.807, 2.05) is 41.8 Å². The van der Waals surface area contributed by atoms with Gasteiger partial charge >= 0.3 is 0 Å². The van der Waals surface area contributed by atoms with Gasteiger partial charge < -0.3 is 9.97 Å². The van der Waals surface area contributed by atoms with E-state index in [0.29, 0.717) is 5.92 Å². The first kappa shape index (κ1) is 38.5. The molecule has 7 rings (SSSR count). The fraction of sp³-hybridized carbons (Fsp3) is 0.261. The molecule has 0 saturated heterocycles. The van der Waals surface area contributed by atoms with Crippen LogP contribution in [-0.4, -0.2) is 18.0 Å². The molecule has 3 heterocycles. The number of aromatic nitrogens is 2. The Morgan fingerprint density at radius 1 is 0.745 bits per heavy atom. The molecule has 5 heteroatoms. The Labute approximate surface area is 323 Å². The van der Waals surface area contributed by atoms with Gasteiger partial charge in [-0.05, 0) is 74.1 Å². The Hall–Kier alpha value is -3.73. The van der Waals surface area contributed by atoms with Crippen molar-refractivity contribution in [3.8, 4) is 33.6 Å². The third-order valence-corrected chi connectivity index (χ3v) is 12.3. The molecule has 0 atom stereocenters. The zero-order valence-electron chi connectivity index (χ0n) is 31.3. The van der Waals surface area contributed by atoms with Crippen LogP contribution in [0.4, 0.5) is 0 Å². The number of thiophene rings is 1. The Morgan fingerprint density at radius 3 is 2.14 bits per heavy atom. The van der Waals surface area contributed by atoms with Crippen LogP contribution in [0.1, 0.15) is 57.2 Å². The largest absolute Gasteiger partial charge is 0.305 e. The van der Waals surface area contributed by atoms with E-state index in [1.165, 1.54) is 53.2 Å². The van der Waals surface area contributed by atoms with E-state index < -0.39 is 8.07 Å². The second-order valence-corrected chi connectivity index (χ2v) is 21.9. The molecule has 4 aromatic carbocycles. The van der Waals surface area contributed by atoms with Crippen LogP contribution >= 0.6 is 11.3 Å². The Kier molecular flexibility index (Phi) is 12.0. The molecule has 0 aliphatic carbocycles. The maximum Gasteiger partial charge on any atom is 0.0799 e. The van der Waals surface area contributed by atoms with Gasteiger partial charge in [-0.3, -0.25) is 0 Å². The van der Waals surface area contributed by atoms with Gasteiger partial charge in [-0.25, -0.2) is 0 Å². The maximum absolute atomic E-state index is 4.80. The van der Waals surface area contributed by atoms with Gasteiger partial charge in [0.2, 0.25) is 0 Å². The number of rotatable bonds is 6. The first-order valence-corrected chi connectivity index (χ1v) is 22.0. The van der Waals surface area contributed by atoms with Crippen LogP contribution in [0.15, 0.2) is 109 Å². The fourth-order valence-electron chi connectivity index (χ4n) is 6.48. The summed E-state index contributed by atoms with van der Waals surface area (Å²) in [5.74, 6) is 0.534. The van der Waals surface area contributed by atoms with Crippen molar-refractivity contribution in [3.63, 3.8) is 0 Å². The van der Waals surface area contributed by atoms with E-state index >= 15 is 0 Å². The first-order chi connectivity index (χ1) is 23.8. The number of aryl methyl sites for hydroxylation is 1. The van der Waals surface area contributed by atoms with Crippen LogP contribution in [0.3, 0.4) is 0 Å². The van der Waals surface area contributed by atoms with Gasteiger partial charge in [0.05, 0.1) is 8.07 Å². The second-order valence-electron chi connectivity index (χ2n) is 15.8. The van der Waals surface area contributed by atoms with Crippen LogP contribution in [0.25, 0.3) is 53.8 Å². The third-order valence-electron chi connectivity index (χ3n) is 9.08. The summed E-state index contributed by atoms with van der Waals surface area (Å²) in [5.41, 5.74) is 11.1. The number of benzene rings is 4. The van der Waals surface area contributed by atoms with Crippen LogP contribution in [0, 0.1) is 24.5 Å². The molecule has 3 aromatic heterocycles. The number of hydrogen-bond acceptors (Lipinski definition) is 3. The Bertz CT molecular complexity index is 2240. The average Bonchev–Trinajstić information content (AvgIpc) is 3.47. The van der Waals surface area contributed by atoms with Crippen LogP contribution in [-0.2, 0) is 26.5 Å². The number of nitrogens with zero attached hydrogens (tertiary/aromatic N) is 2. The van der Waals surface area contributed by atoms with Crippen molar-refractivity contribution in [1.29, 1.82) is 0 Å². The Balaban J connectivity index is 0.000000218. The van der Waals surface area contributed by atoms with Gasteiger partial charge in [0, 0.05) is 37.2 Å². The van der Waals surface area contributed by atoms with E-state index in [9.17, 15) is 0 Å². The number of pyridine rings is 2. The molecule has 0 spiro atoms. The van der Waals surface area contributed by atoms with Crippen LogP contribution in [0.5, 0.6) is 0 Å². The monoisotopic (exact) mass is 881 g/mol. The minimum absolute atomic E-state index is 0. The van der Waals surface area contributed by atoms with Gasteiger partial charge in [-0.2, -0.15) is 11.3 Å². The van der Waals surface area contributed by atoms with Crippen molar-refractivity contribution in [3.05, 3.63) is 138 Å². The molecule has 0 unspecified atom stereocenters. The van der Waals surface area contributed by atoms with Crippen molar-refractivity contribution in [2.24, 2.45) is 5.41 Å². The second kappa shape index (κ2) is 15.9. The molecule has 51 heavy (non-hydrogen) atoms. The number of hydrogen-bond donors (Lipinski definition) is 0. The smallest absolute Gasteiger partial charge is 0.0799 e. The van der Waals surface area contributed by atoms with Gasteiger partial charge in [-0.15, -0.1) is 59.7 Å². The summed E-state index contributed by atoms with van der Waals surface area (Å²) >= 11 is 1.84. The summed E-state index contributed by atoms with van der Waals surface area (Å²) in [6, 6.07) is 40.9. The van der Waals surface area contributed by atoms with E-state index in [0.717, 1.165) is 28.9 Å². The number of fused-ring (bicyclic) bond motifs is 3. The van der Waals surface area contributed by atoms with E-state index in [4.69, 9.17) is 4.98 Å². The molecule has 263 valence electrons. The molecule has 2 nitrogen and oxygen atoms in total. The predicted molar refractivity (Wildman–Crippen MR) is 220 cm³/mol. The molecular weight excluding hydrogens is 833 g/mol. The summed E-state index contributed by atoms with van der Waals surface area (Å²) in [6.07, 6.45) is 5.15. The zero-order valence-corrected chi connectivity index (χ0v) is 35.5. The topological polar surface area (TPSA) is 25.8 Å². The van der Waals surface area contributed by atoms with Gasteiger partial charge in [-0.1, -0.05) is 125 Å². The first-order valence-electron chi connectivity index (χ1n) is 17.6. The SMILES string of the molecule is CC(C)c1cc(-c2[c-]cccc2)ncc1[Si](C)(C)C.Cc1cnc(-c2[c-]ccc3c2sc2cc(-c4ccccc4)ccc23)cc1CC(C)(C)C.[Ir]. The molecule has 0 amide bonds. The average molecular weight is 881 g/mol. The molecule has 0 saturated carbocycles. The molecule has 0 aliphatic rings. The van der Waals surface area contributed by atoms with Crippen molar-refractivity contribution in [2.75, 3.05) is 0 Å². The van der Waals surface area contributed by atoms with Gasteiger partial charge in [0.15, 0.2) is 0 Å². The van der Waals surface area contributed by atoms with Crippen LogP contribution < -0.4 is 5.19 Å². The fourth-order valence-corrected chi connectivity index (χ4v) is 9.41. The normalized spacial score (nSPS) is 11.7. The van der Waals surface area contributed by atoms with Crippen LogP contribution in [0.2, 0.25) is 19.6 Å². The quantitative estimate of drug-likeness (QED) is 0.123. The van der Waals surface area contributed by atoms with Gasteiger partial charge in [0.1, 0.15) is 0 Å². The van der Waals surface area contributed by atoms with Crippen molar-refractivity contribution in [2.45, 2.75) is 73.5 Å². The predicted octanol–water partition coefficient (Wildman–Crippen LogP) is 12.7. The minimum atomic E-state index is -1.34. The van der Waals surface area contributed by atoms with Crippen molar-refractivity contribution < 1.29 is 20.1 Å². The van der Waals surface area contributed by atoms with Crippen molar-refractivity contribution in [1.82, 2.24) is 9.97 Å². The zero-order chi connectivity index (χ0) is 35.6. The molecule has 0 fully saturated rings. The van der Waals surface area contributed by atoms with E-state index in [-0.39, 0.29) is 25.5 Å². The third kappa shape index (κ3) is 9.02. The molecule has 0 aliphatic heterocycles. The van der Waals surface area contributed by atoms with E-state index in [2.05, 4.69) is 157 Å². The van der Waals surface area contributed by atoms with Gasteiger partial charge in [0.25, 0.3) is 0 Å². The molecule has 0 bridgehead atoms. The summed E-state index contributed by atoms with van der Waals surface area (Å²) in [7, 11) is -1.34. The molecule has 1 radical (unpaired) electrons. The standard InChI is InChI=1S/C29H26NS.C17H22NSi.Ir/c1-19-18-30-26(15-22(19)17-29(2,3)4)25-12-8-11-24-23-14-13-21(16-27(23)31-28(24)25)20-9-6-5-7-10-20;1-13(2)15-11-16(14-9-7-6-8-10-14)18-12-17(15)19(3,4)5;/h5-11,13-16,18H,17H2,1-4H3;6-9,11-13H,1-5H3;/q2*-1;. The molecule has 0 N–H and O–H groups in total. The molecule has 7 aromatic rings. The Morgan fingerprint density at radius 2 is 1.47 bits per heavy atom. The summed E-state index contributed by atoms with van der Waals surface area (Å²) in [4.78, 5) is 9.46. The summed E-state index contributed by atoms with van der Waals surface area (Å²) in [6.45, 7) is 20.7. The molecular formula is C46H48IrN2SSi-2. The summed E-state index contributed by atoms with van der Waals surface area (Å²) in [5, 5.41) is 4.06. The maximum atomic E-state index is 4.80. The minimum Gasteiger partial charge on any atom is -0.305 e. The summed E-state index contributed by atoms with van der Waals surface area (Å²) < 4.78 is 2.57.